The summed E-state index contributed by atoms with van der Waals surface area (Å²) in [5.41, 5.74) is 1.45. The Morgan fingerprint density at radius 1 is 1.17 bits per heavy atom. The van der Waals surface area contributed by atoms with Gasteiger partial charge in [-0.1, -0.05) is 23.7 Å². The van der Waals surface area contributed by atoms with Crippen molar-refractivity contribution < 1.29 is 0 Å². The van der Waals surface area contributed by atoms with Crippen LogP contribution in [0.5, 0.6) is 0 Å². The van der Waals surface area contributed by atoms with Gasteiger partial charge in [0.15, 0.2) is 0 Å². The molecule has 1 aliphatic carbocycles. The van der Waals surface area contributed by atoms with Crippen molar-refractivity contribution >= 4 is 11.6 Å². The minimum Gasteiger partial charge on any atom is -0.310 e. The topological polar surface area (TPSA) is 15.3 Å². The van der Waals surface area contributed by atoms with Crippen LogP contribution in [0.1, 0.15) is 30.7 Å². The summed E-state index contributed by atoms with van der Waals surface area (Å²) in [4.78, 5) is 2.41. The zero-order valence-electron chi connectivity index (χ0n) is 10.9. The van der Waals surface area contributed by atoms with Crippen molar-refractivity contribution in [1.29, 1.82) is 0 Å². The molecule has 1 unspecified atom stereocenters. The number of nitrogens with one attached hydrogen (secondary N) is 1. The number of halogens is 1. The molecule has 0 bridgehead atoms. The van der Waals surface area contributed by atoms with Gasteiger partial charge in [-0.3, -0.25) is 0 Å². The van der Waals surface area contributed by atoms with Crippen LogP contribution in [0.2, 0.25) is 5.02 Å². The van der Waals surface area contributed by atoms with Crippen molar-refractivity contribution in [3.63, 3.8) is 0 Å². The zero-order chi connectivity index (χ0) is 12.5. The fraction of sp³-hybridized carbons (Fsp3) is 0.600. The first-order chi connectivity index (χ1) is 8.70. The third kappa shape index (κ3) is 2.71. The van der Waals surface area contributed by atoms with E-state index in [1.54, 1.807) is 0 Å². The lowest BCUT2D eigenvalue weighted by Gasteiger charge is -2.38. The van der Waals surface area contributed by atoms with Crippen molar-refractivity contribution in [2.24, 2.45) is 0 Å². The largest absolute Gasteiger partial charge is 0.310 e. The molecular weight excluding hydrogens is 244 g/mol. The van der Waals surface area contributed by atoms with Gasteiger partial charge in [-0.25, -0.2) is 0 Å². The second-order valence-electron chi connectivity index (χ2n) is 5.83. The maximum atomic E-state index is 5.92. The van der Waals surface area contributed by atoms with Crippen LogP contribution in [0.4, 0.5) is 0 Å². The molecule has 1 aromatic rings. The lowest BCUT2D eigenvalue weighted by molar-refractivity contribution is 0.263. The van der Waals surface area contributed by atoms with E-state index in [0.717, 1.165) is 17.0 Å². The Hall–Kier alpha value is -0.570. The van der Waals surface area contributed by atoms with Crippen LogP contribution in [0.3, 0.4) is 0 Å². The summed E-state index contributed by atoms with van der Waals surface area (Å²) < 4.78 is 0. The Morgan fingerprint density at radius 3 is 2.50 bits per heavy atom. The maximum absolute atomic E-state index is 5.92. The van der Waals surface area contributed by atoms with Gasteiger partial charge >= 0.3 is 0 Å². The summed E-state index contributed by atoms with van der Waals surface area (Å²) in [5, 5.41) is 4.62. The minimum absolute atomic E-state index is 0.714. The lowest BCUT2D eigenvalue weighted by Crippen LogP contribution is -2.46. The van der Waals surface area contributed by atoms with Crippen molar-refractivity contribution in [2.75, 3.05) is 20.1 Å². The Labute approximate surface area is 114 Å². The monoisotopic (exact) mass is 264 g/mol. The highest BCUT2D eigenvalue weighted by Gasteiger charge is 2.32. The van der Waals surface area contributed by atoms with Crippen LogP contribution in [0.15, 0.2) is 24.3 Å². The average molecular weight is 265 g/mol. The van der Waals surface area contributed by atoms with Crippen molar-refractivity contribution in [2.45, 2.75) is 37.3 Å². The van der Waals surface area contributed by atoms with E-state index < -0.39 is 0 Å². The molecule has 98 valence electrons. The Bertz CT molecular complexity index is 397. The van der Waals surface area contributed by atoms with E-state index in [0.29, 0.717) is 6.04 Å². The molecule has 1 aliphatic heterocycles. The number of likely N-dealkylation sites (tertiary alicyclic amines) is 1. The number of benzene rings is 1. The Kier molecular flexibility index (Phi) is 3.60. The van der Waals surface area contributed by atoms with Gasteiger partial charge in [0.1, 0.15) is 0 Å². The number of hydrogen-bond acceptors (Lipinski definition) is 2. The van der Waals surface area contributed by atoms with Gasteiger partial charge in [0.25, 0.3) is 0 Å². The summed E-state index contributed by atoms with van der Waals surface area (Å²) in [5.74, 6) is 0.735. The molecule has 1 saturated heterocycles. The summed E-state index contributed by atoms with van der Waals surface area (Å²) >= 11 is 5.92. The van der Waals surface area contributed by atoms with Crippen LogP contribution in [0, 0.1) is 0 Å². The standard InChI is InChI=1S/C15H21ClN2/c1-18-7-6-14(10-18)17-15-8-12(9-15)11-2-4-13(16)5-3-11/h2-5,12,14-15,17H,6-10H2,1H3. The minimum atomic E-state index is 0.714. The van der Waals surface area contributed by atoms with E-state index in [2.05, 4.69) is 29.4 Å². The van der Waals surface area contributed by atoms with Crippen LogP contribution >= 0.6 is 11.6 Å². The van der Waals surface area contributed by atoms with E-state index in [4.69, 9.17) is 11.6 Å². The summed E-state index contributed by atoms with van der Waals surface area (Å²) in [6.45, 7) is 2.45. The predicted molar refractivity (Wildman–Crippen MR) is 76.3 cm³/mol. The Balaban J connectivity index is 1.47. The SMILES string of the molecule is CN1CCC(NC2CC(c3ccc(Cl)cc3)C2)C1. The summed E-state index contributed by atoms with van der Waals surface area (Å²) in [6, 6.07) is 9.79. The third-order valence-corrected chi connectivity index (χ3v) is 4.59. The van der Waals surface area contributed by atoms with Crippen molar-refractivity contribution in [3.05, 3.63) is 34.9 Å². The molecule has 0 aromatic heterocycles. The van der Waals surface area contributed by atoms with Gasteiger partial charge in [0.2, 0.25) is 0 Å². The number of likely N-dealkylation sites (N-methyl/N-ethyl adjacent to an activating group) is 1. The normalized spacial score (nSPS) is 32.4. The van der Waals surface area contributed by atoms with Crippen LogP contribution in [-0.2, 0) is 0 Å². The number of hydrogen-bond donors (Lipinski definition) is 1. The molecule has 1 saturated carbocycles. The molecule has 2 nitrogen and oxygen atoms in total. The number of rotatable bonds is 3. The van der Waals surface area contributed by atoms with E-state index in [-0.39, 0.29) is 0 Å². The molecule has 3 heteroatoms. The van der Waals surface area contributed by atoms with Crippen LogP contribution in [0.25, 0.3) is 0 Å². The second-order valence-corrected chi connectivity index (χ2v) is 6.27. The molecule has 2 fully saturated rings. The van der Waals surface area contributed by atoms with Gasteiger partial charge in [0, 0.05) is 23.7 Å². The maximum Gasteiger partial charge on any atom is 0.0406 e. The highest BCUT2D eigenvalue weighted by atomic mass is 35.5. The fourth-order valence-electron chi connectivity index (χ4n) is 3.17. The molecule has 1 atom stereocenters. The second kappa shape index (κ2) is 5.20. The van der Waals surface area contributed by atoms with Gasteiger partial charge in [-0.2, -0.15) is 0 Å². The predicted octanol–water partition coefficient (Wildman–Crippen LogP) is 2.88. The molecule has 0 radical (unpaired) electrons. The van der Waals surface area contributed by atoms with Crippen LogP contribution in [-0.4, -0.2) is 37.1 Å². The molecule has 2 aliphatic rings. The van der Waals surface area contributed by atoms with Crippen LogP contribution < -0.4 is 5.32 Å². The first-order valence-corrected chi connectivity index (χ1v) is 7.28. The first kappa shape index (κ1) is 12.5. The molecule has 1 heterocycles. The van der Waals surface area contributed by atoms with Crippen molar-refractivity contribution in [3.8, 4) is 0 Å². The molecule has 0 amide bonds. The average Bonchev–Trinajstić information content (AvgIpc) is 2.71. The quantitative estimate of drug-likeness (QED) is 0.903. The highest BCUT2D eigenvalue weighted by Crippen LogP contribution is 2.37. The smallest absolute Gasteiger partial charge is 0.0406 e. The number of nitrogens with zero attached hydrogens (tertiary/aromatic N) is 1. The first-order valence-electron chi connectivity index (χ1n) is 6.91. The molecule has 1 N–H and O–H groups in total. The summed E-state index contributed by atoms with van der Waals surface area (Å²) in [7, 11) is 2.21. The molecule has 3 rings (SSSR count). The fourth-order valence-corrected chi connectivity index (χ4v) is 3.29. The van der Waals surface area contributed by atoms with E-state index in [1.807, 2.05) is 12.1 Å². The van der Waals surface area contributed by atoms with Gasteiger partial charge in [-0.15, -0.1) is 0 Å². The zero-order valence-corrected chi connectivity index (χ0v) is 11.7. The van der Waals surface area contributed by atoms with Gasteiger partial charge in [0.05, 0.1) is 0 Å². The highest BCUT2D eigenvalue weighted by molar-refractivity contribution is 6.30. The molecule has 0 spiro atoms. The van der Waals surface area contributed by atoms with E-state index in [9.17, 15) is 0 Å². The van der Waals surface area contributed by atoms with E-state index >= 15 is 0 Å². The van der Waals surface area contributed by atoms with Crippen molar-refractivity contribution in [1.82, 2.24) is 10.2 Å². The third-order valence-electron chi connectivity index (χ3n) is 4.34. The molecular formula is C15H21ClN2. The van der Waals surface area contributed by atoms with Gasteiger partial charge in [-0.05, 0) is 56.5 Å². The molecule has 1 aromatic carbocycles. The molecule has 18 heavy (non-hydrogen) atoms. The van der Waals surface area contributed by atoms with Gasteiger partial charge < -0.3 is 10.2 Å². The van der Waals surface area contributed by atoms with E-state index in [1.165, 1.54) is 37.9 Å². The lowest BCUT2D eigenvalue weighted by atomic mass is 9.75. The summed E-state index contributed by atoms with van der Waals surface area (Å²) in [6.07, 6.45) is 3.86. The Morgan fingerprint density at radius 2 is 1.89 bits per heavy atom.